The molecule has 10 heteroatoms. The van der Waals surface area contributed by atoms with Crippen molar-refractivity contribution in [3.05, 3.63) is 95.8 Å². The number of halogens is 3. The summed E-state index contributed by atoms with van der Waals surface area (Å²) in [6.45, 7) is 0.119. The Balaban J connectivity index is 1.58. The lowest BCUT2D eigenvalue weighted by molar-refractivity contribution is -0.137. The van der Waals surface area contributed by atoms with Gasteiger partial charge in [-0.05, 0) is 42.5 Å². The Morgan fingerprint density at radius 1 is 1.00 bits per heavy atom. The summed E-state index contributed by atoms with van der Waals surface area (Å²) in [5, 5.41) is 12.0. The molecule has 0 saturated carbocycles. The quantitative estimate of drug-likeness (QED) is 0.230. The highest BCUT2D eigenvalue weighted by Crippen LogP contribution is 2.31. The van der Waals surface area contributed by atoms with Gasteiger partial charge >= 0.3 is 6.18 Å². The predicted molar refractivity (Wildman–Crippen MR) is 128 cm³/mol. The number of anilines is 1. The number of carbonyl (C=O) groups is 1. The van der Waals surface area contributed by atoms with E-state index in [0.717, 1.165) is 17.8 Å². The third-order valence-electron chi connectivity index (χ3n) is 5.10. The van der Waals surface area contributed by atoms with Gasteiger partial charge in [0.1, 0.15) is 5.75 Å². The van der Waals surface area contributed by atoms with Crippen molar-refractivity contribution in [3.63, 3.8) is 0 Å². The summed E-state index contributed by atoms with van der Waals surface area (Å²) in [6.07, 6.45) is -4.43. The van der Waals surface area contributed by atoms with Crippen LogP contribution >= 0.6 is 11.8 Å². The van der Waals surface area contributed by atoms with Crippen molar-refractivity contribution < 1.29 is 22.7 Å². The first kappa shape index (κ1) is 24.3. The average molecular weight is 499 g/mol. The van der Waals surface area contributed by atoms with Gasteiger partial charge < -0.3 is 10.1 Å². The van der Waals surface area contributed by atoms with E-state index in [1.54, 1.807) is 54.1 Å². The molecule has 4 rings (SSSR count). The maximum absolute atomic E-state index is 13.1. The number of alkyl halides is 3. The number of thioether (sulfide) groups is 1. The number of hydrogen-bond acceptors (Lipinski definition) is 6. The number of benzene rings is 3. The van der Waals surface area contributed by atoms with Crippen molar-refractivity contribution in [2.45, 2.75) is 17.9 Å². The highest BCUT2D eigenvalue weighted by atomic mass is 32.2. The van der Waals surface area contributed by atoms with Crippen LogP contribution in [0.4, 0.5) is 18.9 Å². The Labute approximate surface area is 204 Å². The van der Waals surface area contributed by atoms with E-state index in [1.807, 2.05) is 18.2 Å². The lowest BCUT2D eigenvalue weighted by Crippen LogP contribution is -2.10. The van der Waals surface area contributed by atoms with Gasteiger partial charge in [-0.3, -0.25) is 9.36 Å². The van der Waals surface area contributed by atoms with Crippen LogP contribution in [0, 0.1) is 0 Å². The van der Waals surface area contributed by atoms with Gasteiger partial charge in [-0.2, -0.15) is 13.2 Å². The molecule has 0 aliphatic heterocycles. The maximum Gasteiger partial charge on any atom is 0.416 e. The summed E-state index contributed by atoms with van der Waals surface area (Å²) in [5.74, 6) is 1.24. The Bertz CT molecular complexity index is 1290. The van der Waals surface area contributed by atoms with E-state index in [2.05, 4.69) is 15.5 Å². The second-order valence-electron chi connectivity index (χ2n) is 7.44. The second-order valence-corrected chi connectivity index (χ2v) is 8.38. The van der Waals surface area contributed by atoms with Crippen LogP contribution in [0.2, 0.25) is 0 Å². The van der Waals surface area contributed by atoms with Crippen LogP contribution in [0.15, 0.2) is 84.0 Å². The lowest BCUT2D eigenvalue weighted by Gasteiger charge is -2.13. The Morgan fingerprint density at radius 2 is 1.74 bits per heavy atom. The van der Waals surface area contributed by atoms with Crippen LogP contribution in [0.25, 0.3) is 5.69 Å². The van der Waals surface area contributed by atoms with Gasteiger partial charge in [-0.15, -0.1) is 10.2 Å². The largest absolute Gasteiger partial charge is 0.497 e. The second kappa shape index (κ2) is 10.6. The molecule has 6 nitrogen and oxygen atoms in total. The maximum atomic E-state index is 13.1. The molecule has 0 radical (unpaired) electrons. The number of rotatable bonds is 9. The van der Waals surface area contributed by atoms with Gasteiger partial charge in [0.05, 0.1) is 25.0 Å². The van der Waals surface area contributed by atoms with Gasteiger partial charge in [-0.1, -0.05) is 48.2 Å². The number of ketones is 1. The van der Waals surface area contributed by atoms with E-state index < -0.39 is 11.7 Å². The van der Waals surface area contributed by atoms with Crippen LogP contribution < -0.4 is 10.1 Å². The molecule has 0 fully saturated rings. The van der Waals surface area contributed by atoms with Gasteiger partial charge in [0.15, 0.2) is 16.8 Å². The zero-order chi connectivity index (χ0) is 24.8. The Hall–Kier alpha value is -3.79. The molecule has 0 aliphatic carbocycles. The molecule has 3 aromatic carbocycles. The first-order valence-electron chi connectivity index (χ1n) is 10.6. The molecular weight excluding hydrogens is 477 g/mol. The molecule has 1 heterocycles. The fourth-order valence-electron chi connectivity index (χ4n) is 3.32. The number of nitrogens with one attached hydrogen (secondary N) is 1. The topological polar surface area (TPSA) is 69.0 Å². The zero-order valence-corrected chi connectivity index (χ0v) is 19.4. The van der Waals surface area contributed by atoms with Crippen molar-refractivity contribution >= 4 is 23.2 Å². The summed E-state index contributed by atoms with van der Waals surface area (Å²) >= 11 is 1.24. The van der Waals surface area contributed by atoms with Gasteiger partial charge in [-0.25, -0.2) is 0 Å². The molecule has 35 heavy (non-hydrogen) atoms. The van der Waals surface area contributed by atoms with Crippen LogP contribution in [0.3, 0.4) is 0 Å². The third-order valence-corrected chi connectivity index (χ3v) is 6.03. The van der Waals surface area contributed by atoms with Crippen molar-refractivity contribution in [3.8, 4) is 11.4 Å². The number of carbonyl (C=O) groups excluding carboxylic acids is 1. The zero-order valence-electron chi connectivity index (χ0n) is 18.6. The van der Waals surface area contributed by atoms with Gasteiger partial charge in [0, 0.05) is 16.9 Å². The molecule has 0 saturated heterocycles. The van der Waals surface area contributed by atoms with E-state index in [0.29, 0.717) is 28.0 Å². The lowest BCUT2D eigenvalue weighted by atomic mass is 10.2. The SMILES string of the molecule is COc1ccc(-n2c(CNc3cccc(C(F)(F)F)c3)nnc2SCC(=O)c2ccccc2)cc1. The molecule has 1 aromatic heterocycles. The number of ether oxygens (including phenoxy) is 1. The molecule has 0 unspecified atom stereocenters. The van der Waals surface area contributed by atoms with Crippen molar-refractivity contribution in [1.29, 1.82) is 0 Å². The minimum absolute atomic E-state index is 0.0523. The number of Topliss-reactive ketones (excluding diaryl/α,β-unsaturated/α-hetero) is 1. The van der Waals surface area contributed by atoms with E-state index in [1.165, 1.54) is 17.8 Å². The van der Waals surface area contributed by atoms with Crippen molar-refractivity contribution in [2.75, 3.05) is 18.2 Å². The van der Waals surface area contributed by atoms with Crippen LogP contribution in [-0.2, 0) is 12.7 Å². The number of aromatic nitrogens is 3. The van der Waals surface area contributed by atoms with E-state index in [4.69, 9.17) is 4.74 Å². The summed E-state index contributed by atoms with van der Waals surface area (Å²) in [7, 11) is 1.56. The van der Waals surface area contributed by atoms with E-state index in [-0.39, 0.29) is 18.1 Å². The molecule has 0 amide bonds. The highest BCUT2D eigenvalue weighted by Gasteiger charge is 2.30. The molecule has 0 aliphatic rings. The predicted octanol–water partition coefficient (Wildman–Crippen LogP) is 5.88. The van der Waals surface area contributed by atoms with Crippen LogP contribution in [0.5, 0.6) is 5.75 Å². The first-order chi connectivity index (χ1) is 16.8. The minimum Gasteiger partial charge on any atom is -0.497 e. The third kappa shape index (κ3) is 6.02. The Kier molecular flexibility index (Phi) is 7.40. The normalized spacial score (nSPS) is 11.3. The molecule has 4 aromatic rings. The van der Waals surface area contributed by atoms with Crippen molar-refractivity contribution in [2.24, 2.45) is 0 Å². The summed E-state index contributed by atoms with van der Waals surface area (Å²) in [5.41, 5.74) is 0.889. The Morgan fingerprint density at radius 3 is 2.43 bits per heavy atom. The van der Waals surface area contributed by atoms with E-state index >= 15 is 0 Å². The van der Waals surface area contributed by atoms with Crippen LogP contribution in [0.1, 0.15) is 21.7 Å². The fraction of sp³-hybridized carbons (Fsp3) is 0.160. The minimum atomic E-state index is -4.43. The van der Waals surface area contributed by atoms with Crippen LogP contribution in [-0.4, -0.2) is 33.4 Å². The molecule has 0 spiro atoms. The number of nitrogens with zero attached hydrogens (tertiary/aromatic N) is 3. The number of hydrogen-bond donors (Lipinski definition) is 1. The molecule has 180 valence electrons. The molecule has 0 atom stereocenters. The summed E-state index contributed by atoms with van der Waals surface area (Å²) in [6, 6.07) is 21.1. The molecule has 1 N–H and O–H groups in total. The standard InChI is InChI=1S/C25H21F3N4O2S/c1-34-21-12-10-20(11-13-21)32-23(15-29-19-9-5-8-18(14-19)25(26,27)28)30-31-24(32)35-16-22(33)17-6-3-2-4-7-17/h2-14,29H,15-16H2,1H3. The van der Waals surface area contributed by atoms with Gasteiger partial charge in [0.2, 0.25) is 0 Å². The summed E-state index contributed by atoms with van der Waals surface area (Å²) < 4.78 is 46.2. The first-order valence-corrected chi connectivity index (χ1v) is 11.5. The van der Waals surface area contributed by atoms with E-state index in [9.17, 15) is 18.0 Å². The molecular formula is C25H21F3N4O2S. The number of methoxy groups -OCH3 is 1. The fourth-order valence-corrected chi connectivity index (χ4v) is 4.19. The highest BCUT2D eigenvalue weighted by molar-refractivity contribution is 7.99. The molecule has 0 bridgehead atoms. The smallest absolute Gasteiger partial charge is 0.416 e. The monoisotopic (exact) mass is 498 g/mol. The summed E-state index contributed by atoms with van der Waals surface area (Å²) in [4.78, 5) is 12.6. The van der Waals surface area contributed by atoms with Gasteiger partial charge in [0.25, 0.3) is 0 Å². The average Bonchev–Trinajstić information content (AvgIpc) is 3.29. The van der Waals surface area contributed by atoms with Crippen molar-refractivity contribution in [1.82, 2.24) is 14.8 Å².